The molecule has 0 fully saturated rings. The minimum absolute atomic E-state index is 0.0546. The highest BCUT2D eigenvalue weighted by Crippen LogP contribution is 2.42. The van der Waals surface area contributed by atoms with Crippen molar-refractivity contribution in [3.8, 4) is 23.3 Å². The summed E-state index contributed by atoms with van der Waals surface area (Å²) in [7, 11) is 0. The number of allylic oxidation sites excluding steroid dienone is 1. The first-order valence-electron chi connectivity index (χ1n) is 9.89. The highest BCUT2D eigenvalue weighted by Gasteiger charge is 2.35. The minimum atomic E-state index is -0.755. The standard InChI is InChI=1S/C24H20ClN3O4/c1-13-10-20-22(24(31)28(13)9-8-14-6-7-18(29)19(30)11-14)21(16(12-26)23(27)32-20)15-4-2-3-5-17(15)25/h2-7,10-11,21,29-30H,8-9,27H2,1H3/t21-/m1/s1. The summed E-state index contributed by atoms with van der Waals surface area (Å²) in [5.74, 6) is -0.935. The van der Waals surface area contributed by atoms with E-state index in [1.807, 2.05) is 0 Å². The summed E-state index contributed by atoms with van der Waals surface area (Å²) in [6.07, 6.45) is 0.439. The van der Waals surface area contributed by atoms with Gasteiger partial charge in [-0.2, -0.15) is 5.26 Å². The predicted octanol–water partition coefficient (Wildman–Crippen LogP) is 3.68. The van der Waals surface area contributed by atoms with E-state index in [1.165, 1.54) is 12.1 Å². The highest BCUT2D eigenvalue weighted by molar-refractivity contribution is 6.31. The molecular formula is C24H20ClN3O4. The number of nitriles is 1. The Bertz CT molecular complexity index is 1350. The van der Waals surface area contributed by atoms with E-state index in [0.717, 1.165) is 5.56 Å². The van der Waals surface area contributed by atoms with Crippen LogP contribution >= 0.6 is 11.6 Å². The van der Waals surface area contributed by atoms with Gasteiger partial charge in [0.05, 0.1) is 11.5 Å². The Balaban J connectivity index is 1.82. The fraction of sp³-hybridized carbons (Fsp3) is 0.167. The van der Waals surface area contributed by atoms with E-state index in [1.54, 1.807) is 47.9 Å². The fourth-order valence-electron chi connectivity index (χ4n) is 3.95. The predicted molar refractivity (Wildman–Crippen MR) is 120 cm³/mol. The van der Waals surface area contributed by atoms with Crippen molar-refractivity contribution in [1.29, 1.82) is 5.26 Å². The number of nitrogens with two attached hydrogens (primary N) is 1. The summed E-state index contributed by atoms with van der Waals surface area (Å²) in [6, 6.07) is 15.3. The van der Waals surface area contributed by atoms with Gasteiger partial charge in [-0.3, -0.25) is 4.79 Å². The molecule has 8 heteroatoms. The second-order valence-corrected chi connectivity index (χ2v) is 7.95. The lowest BCUT2D eigenvalue weighted by Crippen LogP contribution is -2.33. The van der Waals surface area contributed by atoms with Crippen LogP contribution in [0, 0.1) is 18.3 Å². The number of fused-ring (bicyclic) bond motifs is 1. The molecule has 1 atom stereocenters. The summed E-state index contributed by atoms with van der Waals surface area (Å²) >= 11 is 6.42. The lowest BCUT2D eigenvalue weighted by molar-refractivity contribution is 0.388. The number of hydrogen-bond acceptors (Lipinski definition) is 6. The van der Waals surface area contributed by atoms with Gasteiger partial charge in [-0.1, -0.05) is 35.9 Å². The van der Waals surface area contributed by atoms with E-state index >= 15 is 0 Å². The zero-order valence-electron chi connectivity index (χ0n) is 17.2. The maximum atomic E-state index is 13.6. The van der Waals surface area contributed by atoms with Crippen molar-refractivity contribution in [2.45, 2.75) is 25.8 Å². The molecule has 0 spiro atoms. The van der Waals surface area contributed by atoms with Crippen molar-refractivity contribution in [3.63, 3.8) is 0 Å². The number of aryl methyl sites for hydroxylation is 2. The summed E-state index contributed by atoms with van der Waals surface area (Å²) in [5, 5.41) is 29.4. The number of benzene rings is 2. The van der Waals surface area contributed by atoms with E-state index in [9.17, 15) is 20.3 Å². The molecule has 0 aliphatic carbocycles. The highest BCUT2D eigenvalue weighted by atomic mass is 35.5. The molecule has 4 rings (SSSR count). The van der Waals surface area contributed by atoms with Crippen molar-refractivity contribution in [2.24, 2.45) is 5.73 Å². The SMILES string of the molecule is Cc1cc2c(c(=O)n1CCc1ccc(O)c(O)c1)[C@H](c1ccccc1Cl)C(C#N)=C(N)O2. The Labute approximate surface area is 189 Å². The Morgan fingerprint density at radius 1 is 1.19 bits per heavy atom. The summed E-state index contributed by atoms with van der Waals surface area (Å²) < 4.78 is 7.24. The average molecular weight is 450 g/mol. The summed E-state index contributed by atoms with van der Waals surface area (Å²) in [5.41, 5.74) is 8.13. The van der Waals surface area contributed by atoms with Gasteiger partial charge >= 0.3 is 0 Å². The number of nitrogens with zero attached hydrogens (tertiary/aromatic N) is 2. The third-order valence-electron chi connectivity index (χ3n) is 5.57. The van der Waals surface area contributed by atoms with Crippen molar-refractivity contribution < 1.29 is 14.9 Å². The van der Waals surface area contributed by atoms with E-state index < -0.39 is 5.92 Å². The molecule has 0 amide bonds. The molecule has 0 saturated heterocycles. The fourth-order valence-corrected chi connectivity index (χ4v) is 4.19. The van der Waals surface area contributed by atoms with E-state index in [-0.39, 0.29) is 28.5 Å². The normalized spacial score (nSPS) is 15.1. The van der Waals surface area contributed by atoms with Gasteiger partial charge in [-0.05, 0) is 42.7 Å². The number of aromatic hydroxyl groups is 2. The molecule has 1 aliphatic rings. The molecule has 3 aromatic rings. The Hall–Kier alpha value is -3.89. The van der Waals surface area contributed by atoms with Gasteiger partial charge in [0.2, 0.25) is 5.88 Å². The molecule has 1 aromatic heterocycles. The molecule has 32 heavy (non-hydrogen) atoms. The Kier molecular flexibility index (Phi) is 5.56. The van der Waals surface area contributed by atoms with Crippen LogP contribution in [0.1, 0.15) is 28.3 Å². The molecule has 1 aliphatic heterocycles. The van der Waals surface area contributed by atoms with Crippen LogP contribution in [0.5, 0.6) is 17.2 Å². The number of phenols is 2. The number of ether oxygens (including phenoxy) is 1. The number of aromatic nitrogens is 1. The molecule has 4 N–H and O–H groups in total. The third kappa shape index (κ3) is 3.66. The molecule has 0 unspecified atom stereocenters. The van der Waals surface area contributed by atoms with Gasteiger partial charge in [0.15, 0.2) is 11.5 Å². The number of hydrogen-bond donors (Lipinski definition) is 3. The minimum Gasteiger partial charge on any atom is -0.504 e. The second kappa shape index (κ2) is 8.33. The summed E-state index contributed by atoms with van der Waals surface area (Å²) in [6.45, 7) is 2.10. The van der Waals surface area contributed by atoms with Crippen LogP contribution in [0.2, 0.25) is 5.02 Å². The Morgan fingerprint density at radius 3 is 2.62 bits per heavy atom. The van der Waals surface area contributed by atoms with Crippen LogP contribution in [0.25, 0.3) is 0 Å². The molecular weight excluding hydrogens is 430 g/mol. The van der Waals surface area contributed by atoms with Gasteiger partial charge in [0.25, 0.3) is 5.56 Å². The maximum Gasteiger partial charge on any atom is 0.258 e. The number of rotatable bonds is 4. The molecule has 162 valence electrons. The van der Waals surface area contributed by atoms with Crippen molar-refractivity contribution in [2.75, 3.05) is 0 Å². The van der Waals surface area contributed by atoms with Gasteiger partial charge in [0.1, 0.15) is 17.4 Å². The molecule has 2 aromatic carbocycles. The lowest BCUT2D eigenvalue weighted by atomic mass is 9.84. The number of pyridine rings is 1. The van der Waals surface area contributed by atoms with Crippen molar-refractivity contribution in [1.82, 2.24) is 4.57 Å². The van der Waals surface area contributed by atoms with E-state index in [0.29, 0.717) is 40.6 Å². The summed E-state index contributed by atoms with van der Waals surface area (Å²) in [4.78, 5) is 13.6. The number of halogens is 1. The first-order chi connectivity index (χ1) is 15.3. The van der Waals surface area contributed by atoms with Crippen LogP contribution in [-0.2, 0) is 13.0 Å². The van der Waals surface area contributed by atoms with Crippen molar-refractivity contribution >= 4 is 11.6 Å². The topological polar surface area (TPSA) is 122 Å². The average Bonchev–Trinajstić information content (AvgIpc) is 2.75. The largest absolute Gasteiger partial charge is 0.504 e. The molecule has 0 bridgehead atoms. The quantitative estimate of drug-likeness (QED) is 0.522. The van der Waals surface area contributed by atoms with E-state index in [4.69, 9.17) is 22.1 Å². The van der Waals surface area contributed by atoms with Crippen LogP contribution in [-0.4, -0.2) is 14.8 Å². The van der Waals surface area contributed by atoms with E-state index in [2.05, 4.69) is 6.07 Å². The van der Waals surface area contributed by atoms with Crippen LogP contribution < -0.4 is 16.0 Å². The zero-order chi connectivity index (χ0) is 23.0. The van der Waals surface area contributed by atoms with Crippen LogP contribution in [0.3, 0.4) is 0 Å². The maximum absolute atomic E-state index is 13.6. The second-order valence-electron chi connectivity index (χ2n) is 7.54. The van der Waals surface area contributed by atoms with Crippen molar-refractivity contribution in [3.05, 3.63) is 97.7 Å². The number of phenolic OH excluding ortho intramolecular Hbond substituents is 2. The van der Waals surface area contributed by atoms with Crippen LogP contribution in [0.15, 0.2) is 64.8 Å². The lowest BCUT2D eigenvalue weighted by Gasteiger charge is -2.27. The molecule has 0 radical (unpaired) electrons. The van der Waals surface area contributed by atoms with Gasteiger partial charge in [-0.25, -0.2) is 0 Å². The van der Waals surface area contributed by atoms with Gasteiger partial charge in [-0.15, -0.1) is 0 Å². The monoisotopic (exact) mass is 449 g/mol. The third-order valence-corrected chi connectivity index (χ3v) is 5.91. The smallest absolute Gasteiger partial charge is 0.258 e. The molecule has 2 heterocycles. The van der Waals surface area contributed by atoms with Gasteiger partial charge in [0, 0.05) is 23.3 Å². The molecule has 7 nitrogen and oxygen atoms in total. The first kappa shape index (κ1) is 21.3. The first-order valence-corrected chi connectivity index (χ1v) is 10.3. The Morgan fingerprint density at radius 2 is 1.94 bits per heavy atom. The van der Waals surface area contributed by atoms with Gasteiger partial charge < -0.3 is 25.3 Å². The molecule has 0 saturated carbocycles. The van der Waals surface area contributed by atoms with Crippen LogP contribution in [0.4, 0.5) is 0 Å². The zero-order valence-corrected chi connectivity index (χ0v) is 17.9.